The van der Waals surface area contributed by atoms with Gasteiger partial charge in [0, 0.05) is 31.1 Å². The highest BCUT2D eigenvalue weighted by atomic mass is 19.2. The van der Waals surface area contributed by atoms with Crippen molar-refractivity contribution in [3.63, 3.8) is 0 Å². The van der Waals surface area contributed by atoms with E-state index in [0.29, 0.717) is 18.0 Å². The van der Waals surface area contributed by atoms with Crippen LogP contribution in [0.2, 0.25) is 0 Å². The van der Waals surface area contributed by atoms with Crippen LogP contribution in [-0.4, -0.2) is 45.0 Å². The molecule has 1 aromatic heterocycles. The molecule has 0 aliphatic rings. The highest BCUT2D eigenvalue weighted by Crippen LogP contribution is 2.16. The minimum absolute atomic E-state index is 0.178. The number of amides is 1. The summed E-state index contributed by atoms with van der Waals surface area (Å²) in [6.07, 6.45) is -0.363. The van der Waals surface area contributed by atoms with Crippen LogP contribution in [-0.2, 0) is 11.2 Å². The molecular formula is C13H14F3N5O. The number of carbonyl (C=O) groups excluding carboxylic acids is 1. The third kappa shape index (κ3) is 3.60. The largest absolute Gasteiger partial charge is 0.345 e. The zero-order valence-corrected chi connectivity index (χ0v) is 12.0. The van der Waals surface area contributed by atoms with Crippen LogP contribution < -0.4 is 0 Å². The summed E-state index contributed by atoms with van der Waals surface area (Å²) in [7, 11) is 1.52. The third-order valence-corrected chi connectivity index (χ3v) is 3.21. The number of nitrogens with one attached hydrogen (secondary N) is 1. The summed E-state index contributed by atoms with van der Waals surface area (Å²) < 4.78 is 39.5. The maximum absolute atomic E-state index is 13.5. The molecule has 6 nitrogen and oxygen atoms in total. The number of nitrogens with zero attached hydrogens (tertiary/aromatic N) is 4. The molecule has 1 N–H and O–H groups in total. The Labute approximate surface area is 124 Å². The number of carbonyl (C=O) groups is 1. The lowest BCUT2D eigenvalue weighted by Crippen LogP contribution is -2.32. The van der Waals surface area contributed by atoms with E-state index in [1.807, 2.05) is 0 Å². The van der Waals surface area contributed by atoms with E-state index in [1.165, 1.54) is 11.9 Å². The van der Waals surface area contributed by atoms with Crippen molar-refractivity contribution < 1.29 is 18.0 Å². The van der Waals surface area contributed by atoms with Crippen LogP contribution in [0.15, 0.2) is 12.1 Å². The number of aromatic amines is 1. The Hall–Kier alpha value is -2.45. The number of likely N-dealkylation sites (N-methyl/N-ethyl adjacent to an activating group) is 1. The van der Waals surface area contributed by atoms with E-state index in [4.69, 9.17) is 0 Å². The molecule has 22 heavy (non-hydrogen) atoms. The van der Waals surface area contributed by atoms with Gasteiger partial charge in [-0.05, 0) is 6.07 Å². The van der Waals surface area contributed by atoms with Crippen molar-refractivity contribution >= 4 is 5.91 Å². The molecule has 0 aliphatic carbocycles. The highest BCUT2D eigenvalue weighted by Gasteiger charge is 2.19. The van der Waals surface area contributed by atoms with Crippen molar-refractivity contribution in [3.8, 4) is 0 Å². The number of hydrogen-bond donors (Lipinski definition) is 1. The Morgan fingerprint density at radius 3 is 2.59 bits per heavy atom. The van der Waals surface area contributed by atoms with Crippen molar-refractivity contribution in [1.29, 1.82) is 0 Å². The quantitative estimate of drug-likeness (QED) is 0.847. The van der Waals surface area contributed by atoms with E-state index in [9.17, 15) is 18.0 Å². The number of rotatable bonds is 5. The predicted octanol–water partition coefficient (Wildman–Crippen LogP) is 1.42. The van der Waals surface area contributed by atoms with Crippen molar-refractivity contribution in [2.45, 2.75) is 19.3 Å². The van der Waals surface area contributed by atoms with Gasteiger partial charge in [-0.2, -0.15) is 5.21 Å². The Bertz CT molecular complexity index is 662. The summed E-state index contributed by atoms with van der Waals surface area (Å²) in [6, 6.07) is 1.12. The van der Waals surface area contributed by atoms with Gasteiger partial charge in [0.05, 0.1) is 6.42 Å². The van der Waals surface area contributed by atoms with E-state index in [-0.39, 0.29) is 24.4 Å². The van der Waals surface area contributed by atoms with E-state index >= 15 is 0 Å². The average molecular weight is 313 g/mol. The van der Waals surface area contributed by atoms with Crippen molar-refractivity contribution in [2.24, 2.45) is 0 Å². The van der Waals surface area contributed by atoms with Crippen molar-refractivity contribution in [3.05, 3.63) is 41.0 Å². The number of halogens is 3. The van der Waals surface area contributed by atoms with Gasteiger partial charge in [0.25, 0.3) is 0 Å². The maximum Gasteiger partial charge on any atom is 0.226 e. The monoisotopic (exact) mass is 313 g/mol. The fraction of sp³-hybridized carbons (Fsp3) is 0.385. The predicted molar refractivity (Wildman–Crippen MR) is 70.2 cm³/mol. The second-order valence-electron chi connectivity index (χ2n) is 4.98. The number of benzene rings is 1. The molecule has 1 aromatic carbocycles. The highest BCUT2D eigenvalue weighted by molar-refractivity contribution is 5.78. The first kappa shape index (κ1) is 15.9. The van der Waals surface area contributed by atoms with E-state index in [2.05, 4.69) is 20.6 Å². The van der Waals surface area contributed by atoms with Crippen molar-refractivity contribution in [1.82, 2.24) is 25.5 Å². The standard InChI is InChI=1S/C13H14F3N5O/c1-7(13-17-19-20-18-13)6-21(2)12(22)4-8-3-10(15)11(16)5-9(8)14/h3,5,7H,4,6H2,1-2H3,(H,17,18,19,20)/t7-/m1/s1. The van der Waals surface area contributed by atoms with Gasteiger partial charge in [0.15, 0.2) is 17.5 Å². The van der Waals surface area contributed by atoms with Gasteiger partial charge in [-0.15, -0.1) is 10.2 Å². The summed E-state index contributed by atoms with van der Waals surface area (Å²) in [4.78, 5) is 13.4. The first-order valence-corrected chi connectivity index (χ1v) is 6.49. The van der Waals surface area contributed by atoms with Gasteiger partial charge >= 0.3 is 0 Å². The molecule has 0 saturated heterocycles. The smallest absolute Gasteiger partial charge is 0.226 e. The Morgan fingerprint density at radius 2 is 1.95 bits per heavy atom. The number of aromatic nitrogens is 4. The zero-order valence-electron chi connectivity index (χ0n) is 12.0. The Balaban J connectivity index is 2.01. The molecule has 0 fully saturated rings. The van der Waals surface area contributed by atoms with Crippen LogP contribution in [0.1, 0.15) is 24.2 Å². The molecular weight excluding hydrogens is 299 g/mol. The summed E-state index contributed by atoms with van der Waals surface area (Å²) >= 11 is 0. The lowest BCUT2D eigenvalue weighted by molar-refractivity contribution is -0.129. The first-order chi connectivity index (χ1) is 10.4. The lowest BCUT2D eigenvalue weighted by atomic mass is 10.1. The molecule has 0 spiro atoms. The Kier molecular flexibility index (Phi) is 4.74. The lowest BCUT2D eigenvalue weighted by Gasteiger charge is -2.20. The Morgan fingerprint density at radius 1 is 1.27 bits per heavy atom. The third-order valence-electron chi connectivity index (χ3n) is 3.21. The first-order valence-electron chi connectivity index (χ1n) is 6.49. The minimum Gasteiger partial charge on any atom is -0.345 e. The molecule has 1 atom stereocenters. The summed E-state index contributed by atoms with van der Waals surface area (Å²) in [5.74, 6) is -3.59. The van der Waals surface area contributed by atoms with Crippen LogP contribution in [0.5, 0.6) is 0 Å². The average Bonchev–Trinajstić information content (AvgIpc) is 2.98. The van der Waals surface area contributed by atoms with Gasteiger partial charge in [0.2, 0.25) is 5.91 Å². The van der Waals surface area contributed by atoms with Crippen LogP contribution >= 0.6 is 0 Å². The van der Waals surface area contributed by atoms with Gasteiger partial charge in [-0.3, -0.25) is 4.79 Å². The molecule has 0 unspecified atom stereocenters. The second-order valence-corrected chi connectivity index (χ2v) is 4.98. The van der Waals surface area contributed by atoms with Crippen LogP contribution in [0.25, 0.3) is 0 Å². The molecule has 1 amide bonds. The van der Waals surface area contributed by atoms with E-state index in [0.717, 1.165) is 0 Å². The molecule has 9 heteroatoms. The number of H-pyrrole nitrogens is 1. The number of hydrogen-bond acceptors (Lipinski definition) is 4. The molecule has 0 aliphatic heterocycles. The molecule has 0 bridgehead atoms. The molecule has 1 heterocycles. The normalized spacial score (nSPS) is 12.2. The number of tetrazole rings is 1. The van der Waals surface area contributed by atoms with Crippen LogP contribution in [0.4, 0.5) is 13.2 Å². The summed E-state index contributed by atoms with van der Waals surface area (Å²) in [5.41, 5.74) is -0.192. The van der Waals surface area contributed by atoms with Gasteiger partial charge < -0.3 is 4.90 Å². The minimum atomic E-state index is -1.28. The molecule has 0 saturated carbocycles. The maximum atomic E-state index is 13.5. The molecule has 118 valence electrons. The zero-order chi connectivity index (χ0) is 16.3. The fourth-order valence-corrected chi connectivity index (χ4v) is 1.97. The summed E-state index contributed by atoms with van der Waals surface area (Å²) in [5, 5.41) is 13.4. The van der Waals surface area contributed by atoms with Gasteiger partial charge in [0.1, 0.15) is 5.82 Å². The van der Waals surface area contributed by atoms with E-state index in [1.54, 1.807) is 6.92 Å². The topological polar surface area (TPSA) is 74.8 Å². The van der Waals surface area contributed by atoms with Crippen LogP contribution in [0, 0.1) is 17.5 Å². The fourth-order valence-electron chi connectivity index (χ4n) is 1.97. The van der Waals surface area contributed by atoms with Gasteiger partial charge in [-0.1, -0.05) is 12.1 Å². The van der Waals surface area contributed by atoms with E-state index < -0.39 is 23.4 Å². The SMILES string of the molecule is C[C@H](CN(C)C(=O)Cc1cc(F)c(F)cc1F)c1nn[nH]n1. The molecule has 0 radical (unpaired) electrons. The molecule has 2 aromatic rings. The van der Waals surface area contributed by atoms with Crippen LogP contribution in [0.3, 0.4) is 0 Å². The van der Waals surface area contributed by atoms with Crippen molar-refractivity contribution in [2.75, 3.05) is 13.6 Å². The summed E-state index contributed by atoms with van der Waals surface area (Å²) in [6.45, 7) is 2.08. The molecule has 2 rings (SSSR count). The van der Waals surface area contributed by atoms with Gasteiger partial charge in [-0.25, -0.2) is 13.2 Å². The second kappa shape index (κ2) is 6.54.